The smallest absolute Gasteiger partial charge is 0.268 e. The molecule has 0 radical (unpaired) electrons. The van der Waals surface area contributed by atoms with Gasteiger partial charge in [-0.1, -0.05) is 18.2 Å². The van der Waals surface area contributed by atoms with E-state index in [2.05, 4.69) is 25.5 Å². The Hall–Kier alpha value is -3.50. The Bertz CT molecular complexity index is 1390. The molecule has 0 unspecified atom stereocenters. The van der Waals surface area contributed by atoms with E-state index in [9.17, 15) is 12.8 Å². The lowest BCUT2D eigenvalue weighted by Gasteiger charge is -2.06. The Morgan fingerprint density at radius 3 is 2.38 bits per heavy atom. The SMILES string of the molecule is CNCc1ccc(-c2nnc(-c3nc(-c4ccc(S(C)(=O)=O)cc4)cnc3C)o2)cc1F. The average molecular weight is 453 g/mol. The minimum atomic E-state index is -3.29. The monoisotopic (exact) mass is 453 g/mol. The van der Waals surface area contributed by atoms with Crippen molar-refractivity contribution in [2.75, 3.05) is 13.3 Å². The van der Waals surface area contributed by atoms with Gasteiger partial charge in [0.2, 0.25) is 5.89 Å². The first kappa shape index (κ1) is 21.7. The molecule has 0 aliphatic carbocycles. The van der Waals surface area contributed by atoms with Gasteiger partial charge < -0.3 is 9.73 Å². The number of nitrogens with zero attached hydrogens (tertiary/aromatic N) is 4. The van der Waals surface area contributed by atoms with Crippen LogP contribution < -0.4 is 5.32 Å². The highest BCUT2D eigenvalue weighted by atomic mass is 32.2. The molecule has 4 aromatic rings. The maximum Gasteiger partial charge on any atom is 0.268 e. The van der Waals surface area contributed by atoms with Crippen molar-refractivity contribution >= 4 is 9.84 Å². The second-order valence-electron chi connectivity index (χ2n) is 7.23. The van der Waals surface area contributed by atoms with Crippen molar-refractivity contribution in [2.45, 2.75) is 18.4 Å². The molecule has 0 aliphatic rings. The van der Waals surface area contributed by atoms with E-state index in [1.165, 1.54) is 18.2 Å². The van der Waals surface area contributed by atoms with Crippen LogP contribution in [0.3, 0.4) is 0 Å². The number of hydrogen-bond acceptors (Lipinski definition) is 8. The third-order valence-electron chi connectivity index (χ3n) is 4.83. The molecule has 0 atom stereocenters. The summed E-state index contributed by atoms with van der Waals surface area (Å²) in [6.07, 6.45) is 2.74. The van der Waals surface area contributed by atoms with E-state index < -0.39 is 9.84 Å². The summed E-state index contributed by atoms with van der Waals surface area (Å²) < 4.78 is 43.4. The highest BCUT2D eigenvalue weighted by molar-refractivity contribution is 7.90. The molecule has 32 heavy (non-hydrogen) atoms. The van der Waals surface area contributed by atoms with E-state index in [0.29, 0.717) is 40.3 Å². The quantitative estimate of drug-likeness (QED) is 0.473. The Morgan fingerprint density at radius 1 is 1.03 bits per heavy atom. The van der Waals surface area contributed by atoms with Crippen molar-refractivity contribution in [1.29, 1.82) is 0 Å². The van der Waals surface area contributed by atoms with Crippen LogP contribution in [0.4, 0.5) is 4.39 Å². The lowest BCUT2D eigenvalue weighted by atomic mass is 10.1. The molecule has 0 saturated heterocycles. The van der Waals surface area contributed by atoms with Crippen molar-refractivity contribution in [1.82, 2.24) is 25.5 Å². The van der Waals surface area contributed by atoms with Crippen LogP contribution in [-0.2, 0) is 16.4 Å². The highest BCUT2D eigenvalue weighted by Crippen LogP contribution is 2.28. The maximum absolute atomic E-state index is 14.3. The zero-order valence-electron chi connectivity index (χ0n) is 17.6. The molecule has 0 amide bonds. The van der Waals surface area contributed by atoms with E-state index >= 15 is 0 Å². The molecule has 0 bridgehead atoms. The first-order valence-corrected chi connectivity index (χ1v) is 11.6. The number of hydrogen-bond donors (Lipinski definition) is 1. The molecule has 0 spiro atoms. The molecule has 8 nitrogen and oxygen atoms in total. The molecule has 1 N–H and O–H groups in total. The molecule has 0 fully saturated rings. The fourth-order valence-electron chi connectivity index (χ4n) is 3.11. The summed E-state index contributed by atoms with van der Waals surface area (Å²) >= 11 is 0. The van der Waals surface area contributed by atoms with Gasteiger partial charge in [0.1, 0.15) is 11.5 Å². The third kappa shape index (κ3) is 4.41. The molecule has 10 heteroatoms. The standard InChI is InChI=1S/C22H20FN5O3S/c1-13-20(26-19(12-25-13)14-6-8-17(9-7-14)32(3,29)30)22-28-27-21(31-22)15-4-5-16(11-24-2)18(23)10-15/h4-10,12,24H,11H2,1-3H3. The van der Waals surface area contributed by atoms with Gasteiger partial charge in [0.05, 0.1) is 22.5 Å². The summed E-state index contributed by atoms with van der Waals surface area (Å²) in [6.45, 7) is 2.17. The number of aryl methyl sites for hydroxylation is 1. The summed E-state index contributed by atoms with van der Waals surface area (Å²) in [5.41, 5.74) is 3.17. The predicted octanol–water partition coefficient (Wildman–Crippen LogP) is 3.43. The largest absolute Gasteiger partial charge is 0.415 e. The van der Waals surface area contributed by atoms with Gasteiger partial charge >= 0.3 is 0 Å². The Balaban J connectivity index is 1.67. The molecule has 4 rings (SSSR count). The van der Waals surface area contributed by atoms with Crippen LogP contribution in [0.2, 0.25) is 0 Å². The maximum atomic E-state index is 14.3. The van der Waals surface area contributed by atoms with E-state index in [-0.39, 0.29) is 22.5 Å². The van der Waals surface area contributed by atoms with Crippen LogP contribution in [0.5, 0.6) is 0 Å². The van der Waals surface area contributed by atoms with E-state index in [1.54, 1.807) is 44.4 Å². The molecule has 2 aromatic carbocycles. The van der Waals surface area contributed by atoms with Crippen molar-refractivity contribution in [3.63, 3.8) is 0 Å². The molecular weight excluding hydrogens is 433 g/mol. The zero-order chi connectivity index (χ0) is 22.9. The van der Waals surface area contributed by atoms with E-state index in [0.717, 1.165) is 6.26 Å². The summed E-state index contributed by atoms with van der Waals surface area (Å²) in [7, 11) is -1.55. The fourth-order valence-corrected chi connectivity index (χ4v) is 3.74. The number of benzene rings is 2. The van der Waals surface area contributed by atoms with Gasteiger partial charge in [0, 0.05) is 29.5 Å². The first-order chi connectivity index (χ1) is 15.3. The van der Waals surface area contributed by atoms with E-state index in [1.807, 2.05) is 0 Å². The van der Waals surface area contributed by atoms with Crippen molar-refractivity contribution < 1.29 is 17.2 Å². The second-order valence-corrected chi connectivity index (χ2v) is 9.25. The topological polar surface area (TPSA) is 111 Å². The summed E-state index contributed by atoms with van der Waals surface area (Å²) in [5, 5.41) is 11.0. The molecule has 164 valence electrons. The minimum absolute atomic E-state index is 0.152. The predicted molar refractivity (Wildman–Crippen MR) is 117 cm³/mol. The Kier molecular flexibility index (Phi) is 5.81. The normalized spacial score (nSPS) is 11.6. The highest BCUT2D eigenvalue weighted by Gasteiger charge is 2.17. The number of sulfone groups is 1. The van der Waals surface area contributed by atoms with Gasteiger partial charge in [-0.15, -0.1) is 10.2 Å². The number of rotatable bonds is 6. The van der Waals surface area contributed by atoms with E-state index in [4.69, 9.17) is 4.42 Å². The molecule has 0 saturated carbocycles. The summed E-state index contributed by atoms with van der Waals surface area (Å²) in [6, 6.07) is 11.1. The van der Waals surface area contributed by atoms with Gasteiger partial charge in [0.15, 0.2) is 9.84 Å². The summed E-state index contributed by atoms with van der Waals surface area (Å²) in [4.78, 5) is 9.15. The van der Waals surface area contributed by atoms with Crippen LogP contribution >= 0.6 is 0 Å². The van der Waals surface area contributed by atoms with Gasteiger partial charge in [0.25, 0.3) is 5.89 Å². The molecule has 2 aromatic heterocycles. The second kappa shape index (κ2) is 8.56. The lowest BCUT2D eigenvalue weighted by Crippen LogP contribution is -2.06. The Labute approximate surface area is 184 Å². The molecule has 0 aliphatic heterocycles. The number of aromatic nitrogens is 4. The minimum Gasteiger partial charge on any atom is -0.415 e. The number of nitrogens with one attached hydrogen (secondary N) is 1. The lowest BCUT2D eigenvalue weighted by molar-refractivity contribution is 0.576. The zero-order valence-corrected chi connectivity index (χ0v) is 18.4. The van der Waals surface area contributed by atoms with Crippen LogP contribution in [0.25, 0.3) is 34.3 Å². The Morgan fingerprint density at radius 2 is 1.72 bits per heavy atom. The molecular formula is C22H20FN5O3S. The van der Waals surface area contributed by atoms with Crippen LogP contribution in [-0.4, -0.2) is 41.9 Å². The first-order valence-electron chi connectivity index (χ1n) is 9.67. The average Bonchev–Trinajstić information content (AvgIpc) is 3.25. The fraction of sp³-hybridized carbons (Fsp3) is 0.182. The van der Waals surface area contributed by atoms with Crippen molar-refractivity contribution in [2.24, 2.45) is 0 Å². The number of halogens is 1. The summed E-state index contributed by atoms with van der Waals surface area (Å²) in [5.74, 6) is -0.0505. The van der Waals surface area contributed by atoms with Crippen molar-refractivity contribution in [3.8, 4) is 34.3 Å². The molecule has 2 heterocycles. The van der Waals surface area contributed by atoms with Crippen LogP contribution in [0.1, 0.15) is 11.3 Å². The van der Waals surface area contributed by atoms with Crippen LogP contribution in [0.15, 0.2) is 58.0 Å². The third-order valence-corrected chi connectivity index (χ3v) is 5.96. The van der Waals surface area contributed by atoms with Gasteiger partial charge in [-0.2, -0.15) is 0 Å². The van der Waals surface area contributed by atoms with Crippen LogP contribution in [0, 0.1) is 12.7 Å². The van der Waals surface area contributed by atoms with Gasteiger partial charge in [-0.05, 0) is 38.2 Å². The van der Waals surface area contributed by atoms with Gasteiger partial charge in [-0.3, -0.25) is 4.98 Å². The van der Waals surface area contributed by atoms with Gasteiger partial charge in [-0.25, -0.2) is 17.8 Å². The van der Waals surface area contributed by atoms with Crippen molar-refractivity contribution in [3.05, 3.63) is 65.7 Å².